The monoisotopic (exact) mass is 261 g/mol. The molecule has 1 atom stereocenters. The van der Waals surface area contributed by atoms with Crippen molar-refractivity contribution in [3.05, 3.63) is 24.4 Å². The second-order valence-electron chi connectivity index (χ2n) is 4.62. The summed E-state index contributed by atoms with van der Waals surface area (Å²) in [5.74, 6) is 0.297. The number of oxazole rings is 1. The average Bonchev–Trinajstić information content (AvgIpc) is 3.09. The maximum absolute atomic E-state index is 11.2. The number of carbonyl (C=O) groups excluding carboxylic acids is 1. The molecule has 6 nitrogen and oxygen atoms in total. The molecule has 1 aliphatic heterocycles. The molecule has 2 aromatic heterocycles. The highest BCUT2D eigenvalue weighted by Crippen LogP contribution is 2.25. The van der Waals surface area contributed by atoms with Gasteiger partial charge in [-0.1, -0.05) is 0 Å². The number of ketones is 1. The fraction of sp³-hybridized carbons (Fsp3) is 0.462. The standard InChI is InChI=1S/C13H15N3O3/c1-9(17)11-8-19-13(15-11)10-6-14-16(7-10)12-4-2-3-5-18-12/h6-8,12H,2-5H2,1H3. The molecule has 0 bridgehead atoms. The lowest BCUT2D eigenvalue weighted by Crippen LogP contribution is -2.18. The molecular formula is C13H15N3O3. The molecule has 0 aromatic carbocycles. The largest absolute Gasteiger partial charge is 0.444 e. The van der Waals surface area contributed by atoms with Gasteiger partial charge >= 0.3 is 0 Å². The van der Waals surface area contributed by atoms with Gasteiger partial charge in [0.15, 0.2) is 5.78 Å². The summed E-state index contributed by atoms with van der Waals surface area (Å²) >= 11 is 0. The molecule has 0 spiro atoms. The van der Waals surface area contributed by atoms with Crippen molar-refractivity contribution in [3.63, 3.8) is 0 Å². The quantitative estimate of drug-likeness (QED) is 0.793. The Morgan fingerprint density at radius 3 is 3.05 bits per heavy atom. The summed E-state index contributed by atoms with van der Waals surface area (Å²) in [6.07, 6.45) is 8.08. The molecule has 0 N–H and O–H groups in total. The number of Topliss-reactive ketones (excluding diaryl/α,β-unsaturated/α-hetero) is 1. The second kappa shape index (κ2) is 4.97. The van der Waals surface area contributed by atoms with Crippen molar-refractivity contribution in [3.8, 4) is 11.5 Å². The third kappa shape index (κ3) is 2.44. The molecule has 6 heteroatoms. The molecule has 1 saturated heterocycles. The van der Waals surface area contributed by atoms with E-state index in [4.69, 9.17) is 9.15 Å². The predicted octanol–water partition coefficient (Wildman–Crippen LogP) is 2.44. The zero-order valence-electron chi connectivity index (χ0n) is 10.7. The van der Waals surface area contributed by atoms with Crippen molar-refractivity contribution in [2.24, 2.45) is 0 Å². The van der Waals surface area contributed by atoms with Crippen molar-refractivity contribution in [2.45, 2.75) is 32.4 Å². The van der Waals surface area contributed by atoms with Crippen LogP contribution in [0.3, 0.4) is 0 Å². The second-order valence-corrected chi connectivity index (χ2v) is 4.62. The fourth-order valence-corrected chi connectivity index (χ4v) is 2.11. The summed E-state index contributed by atoms with van der Waals surface area (Å²) < 4.78 is 12.7. The van der Waals surface area contributed by atoms with Crippen LogP contribution in [0.2, 0.25) is 0 Å². The lowest BCUT2D eigenvalue weighted by atomic mass is 10.2. The van der Waals surface area contributed by atoms with Gasteiger partial charge in [-0.15, -0.1) is 0 Å². The summed E-state index contributed by atoms with van der Waals surface area (Å²) in [6.45, 7) is 2.23. The highest BCUT2D eigenvalue weighted by molar-refractivity contribution is 5.92. The molecule has 2 aromatic rings. The summed E-state index contributed by atoms with van der Waals surface area (Å²) in [6, 6.07) is 0. The van der Waals surface area contributed by atoms with Crippen LogP contribution >= 0.6 is 0 Å². The Morgan fingerprint density at radius 1 is 1.47 bits per heavy atom. The fourth-order valence-electron chi connectivity index (χ4n) is 2.11. The minimum atomic E-state index is -0.113. The molecule has 0 amide bonds. The summed E-state index contributed by atoms with van der Waals surface area (Å²) in [7, 11) is 0. The van der Waals surface area contributed by atoms with Crippen LogP contribution in [-0.2, 0) is 4.74 Å². The van der Waals surface area contributed by atoms with Gasteiger partial charge in [-0.05, 0) is 19.3 Å². The zero-order valence-corrected chi connectivity index (χ0v) is 10.7. The number of nitrogens with zero attached hydrogens (tertiary/aromatic N) is 3. The Morgan fingerprint density at radius 2 is 2.37 bits per heavy atom. The molecular weight excluding hydrogens is 246 g/mol. The van der Waals surface area contributed by atoms with Gasteiger partial charge in [-0.3, -0.25) is 4.79 Å². The zero-order chi connectivity index (χ0) is 13.2. The van der Waals surface area contributed by atoms with Crippen LogP contribution in [0.4, 0.5) is 0 Å². The molecule has 1 fully saturated rings. The highest BCUT2D eigenvalue weighted by atomic mass is 16.5. The summed E-state index contributed by atoms with van der Waals surface area (Å²) in [5.41, 5.74) is 1.08. The molecule has 1 aliphatic rings. The van der Waals surface area contributed by atoms with Crippen molar-refractivity contribution in [1.82, 2.24) is 14.8 Å². The van der Waals surface area contributed by atoms with Crippen LogP contribution in [-0.4, -0.2) is 27.2 Å². The molecule has 1 unspecified atom stereocenters. The molecule has 19 heavy (non-hydrogen) atoms. The van der Waals surface area contributed by atoms with Crippen LogP contribution in [0.5, 0.6) is 0 Å². The number of carbonyl (C=O) groups is 1. The number of ether oxygens (including phenoxy) is 1. The van der Waals surface area contributed by atoms with Crippen molar-refractivity contribution in [2.75, 3.05) is 6.61 Å². The Balaban J connectivity index is 1.81. The van der Waals surface area contributed by atoms with Crippen LogP contribution in [0.15, 0.2) is 23.1 Å². The number of aromatic nitrogens is 3. The molecule has 0 saturated carbocycles. The average molecular weight is 261 g/mol. The first-order valence-electron chi connectivity index (χ1n) is 6.36. The van der Waals surface area contributed by atoms with E-state index in [0.717, 1.165) is 31.4 Å². The number of hydrogen-bond acceptors (Lipinski definition) is 5. The third-order valence-corrected chi connectivity index (χ3v) is 3.16. The molecule has 0 radical (unpaired) electrons. The Labute approximate surface area is 110 Å². The molecule has 100 valence electrons. The van der Waals surface area contributed by atoms with E-state index in [-0.39, 0.29) is 12.0 Å². The van der Waals surface area contributed by atoms with Gasteiger partial charge in [0.1, 0.15) is 18.2 Å². The summed E-state index contributed by atoms with van der Waals surface area (Å²) in [5, 5.41) is 4.28. The van der Waals surface area contributed by atoms with Gasteiger partial charge in [0.25, 0.3) is 0 Å². The van der Waals surface area contributed by atoms with Gasteiger partial charge in [-0.25, -0.2) is 9.67 Å². The Bertz CT molecular complexity index is 581. The van der Waals surface area contributed by atoms with E-state index >= 15 is 0 Å². The van der Waals surface area contributed by atoms with Gasteiger partial charge < -0.3 is 9.15 Å². The minimum absolute atomic E-state index is 0.00950. The predicted molar refractivity (Wildman–Crippen MR) is 66.6 cm³/mol. The lowest BCUT2D eigenvalue weighted by Gasteiger charge is -2.22. The van der Waals surface area contributed by atoms with E-state index in [2.05, 4.69) is 10.1 Å². The van der Waals surface area contributed by atoms with Crippen molar-refractivity contribution < 1.29 is 13.9 Å². The Hall–Kier alpha value is -1.95. The first-order valence-corrected chi connectivity index (χ1v) is 6.36. The maximum atomic E-state index is 11.2. The number of hydrogen-bond donors (Lipinski definition) is 0. The van der Waals surface area contributed by atoms with Crippen molar-refractivity contribution >= 4 is 5.78 Å². The van der Waals surface area contributed by atoms with Crippen LogP contribution in [0, 0.1) is 0 Å². The normalized spacial score (nSPS) is 19.5. The van der Waals surface area contributed by atoms with Crippen molar-refractivity contribution in [1.29, 1.82) is 0 Å². The smallest absolute Gasteiger partial charge is 0.229 e. The third-order valence-electron chi connectivity index (χ3n) is 3.16. The van der Waals surface area contributed by atoms with Gasteiger partial charge in [0.2, 0.25) is 5.89 Å². The summed E-state index contributed by atoms with van der Waals surface area (Å²) in [4.78, 5) is 15.3. The van der Waals surface area contributed by atoms with E-state index in [0.29, 0.717) is 11.6 Å². The van der Waals surface area contributed by atoms with Crippen LogP contribution in [0.1, 0.15) is 42.9 Å². The lowest BCUT2D eigenvalue weighted by molar-refractivity contribution is -0.0394. The van der Waals surface area contributed by atoms with Crippen LogP contribution < -0.4 is 0 Å². The Kier molecular flexibility index (Phi) is 3.16. The van der Waals surface area contributed by atoms with E-state index in [1.54, 1.807) is 10.9 Å². The van der Waals surface area contributed by atoms with E-state index in [1.165, 1.54) is 13.2 Å². The van der Waals surface area contributed by atoms with E-state index in [1.807, 2.05) is 6.20 Å². The number of rotatable bonds is 3. The van der Waals surface area contributed by atoms with Crippen LogP contribution in [0.25, 0.3) is 11.5 Å². The molecule has 3 rings (SSSR count). The SMILES string of the molecule is CC(=O)c1coc(-c2cnn(C3CCCCO3)c2)n1. The highest BCUT2D eigenvalue weighted by Gasteiger charge is 2.18. The van der Waals surface area contributed by atoms with E-state index < -0.39 is 0 Å². The van der Waals surface area contributed by atoms with E-state index in [9.17, 15) is 4.79 Å². The van der Waals surface area contributed by atoms with Gasteiger partial charge in [0, 0.05) is 19.7 Å². The van der Waals surface area contributed by atoms with Gasteiger partial charge in [-0.2, -0.15) is 5.10 Å². The topological polar surface area (TPSA) is 70.2 Å². The van der Waals surface area contributed by atoms with Gasteiger partial charge in [0.05, 0.1) is 11.8 Å². The maximum Gasteiger partial charge on any atom is 0.229 e. The minimum Gasteiger partial charge on any atom is -0.444 e. The molecule has 0 aliphatic carbocycles. The first-order chi connectivity index (χ1) is 9.24. The first kappa shape index (κ1) is 12.1. The molecule has 3 heterocycles.